The van der Waals surface area contributed by atoms with Gasteiger partial charge in [-0.3, -0.25) is 14.5 Å². The first-order valence-electron chi connectivity index (χ1n) is 11.7. The van der Waals surface area contributed by atoms with Gasteiger partial charge >= 0.3 is 6.18 Å². The van der Waals surface area contributed by atoms with E-state index in [1.807, 2.05) is 4.98 Å². The van der Waals surface area contributed by atoms with Gasteiger partial charge < -0.3 is 20.6 Å². The van der Waals surface area contributed by atoms with Crippen molar-refractivity contribution in [2.24, 2.45) is 11.7 Å². The number of pyridine rings is 1. The number of alkyl halides is 5. The second-order valence-electron chi connectivity index (χ2n) is 9.46. The number of likely N-dealkylation sites (tertiary alicyclic amines) is 1. The van der Waals surface area contributed by atoms with Crippen molar-refractivity contribution in [1.29, 1.82) is 0 Å². The Kier molecular flexibility index (Phi) is 7.51. The van der Waals surface area contributed by atoms with Gasteiger partial charge in [0.1, 0.15) is 0 Å². The predicted octanol–water partition coefficient (Wildman–Crippen LogP) is 2.07. The quantitative estimate of drug-likeness (QED) is 0.422. The summed E-state index contributed by atoms with van der Waals surface area (Å²) in [4.78, 5) is 27.6. The summed E-state index contributed by atoms with van der Waals surface area (Å²) in [5.41, 5.74) is 3.29. The van der Waals surface area contributed by atoms with E-state index in [-0.39, 0.29) is 18.5 Å². The van der Waals surface area contributed by atoms with Crippen LogP contribution >= 0.6 is 0 Å². The molecule has 1 aliphatic heterocycles. The summed E-state index contributed by atoms with van der Waals surface area (Å²) in [6.45, 7) is -0.119. The molecule has 3 heterocycles. The minimum atomic E-state index is -5.16. The number of nitrogens with zero attached hydrogens (tertiary/aromatic N) is 3. The van der Waals surface area contributed by atoms with Gasteiger partial charge in [0.2, 0.25) is 11.8 Å². The highest BCUT2D eigenvalue weighted by Gasteiger charge is 2.48. The number of ether oxygens (including phenoxy) is 1. The van der Waals surface area contributed by atoms with Gasteiger partial charge in [0.05, 0.1) is 29.8 Å². The first-order chi connectivity index (χ1) is 17.3. The Morgan fingerprint density at radius 3 is 2.62 bits per heavy atom. The molecule has 0 spiro atoms. The van der Waals surface area contributed by atoms with E-state index in [0.717, 1.165) is 19.0 Å². The van der Waals surface area contributed by atoms with Crippen molar-refractivity contribution in [3.05, 3.63) is 51.6 Å². The van der Waals surface area contributed by atoms with Crippen molar-refractivity contribution in [3.63, 3.8) is 0 Å². The van der Waals surface area contributed by atoms with Gasteiger partial charge in [-0.05, 0) is 36.5 Å². The van der Waals surface area contributed by atoms with E-state index in [4.69, 9.17) is 10.5 Å². The van der Waals surface area contributed by atoms with Crippen LogP contribution in [-0.2, 0) is 11.2 Å². The number of nitrogens with two attached hydrogens (primary N) is 1. The van der Waals surface area contributed by atoms with Crippen molar-refractivity contribution in [2.45, 2.75) is 55.8 Å². The van der Waals surface area contributed by atoms with Crippen LogP contribution in [0.3, 0.4) is 0 Å². The van der Waals surface area contributed by atoms with Gasteiger partial charge in [-0.25, -0.2) is 8.78 Å². The molecule has 2 aromatic heterocycles. The van der Waals surface area contributed by atoms with Crippen LogP contribution in [0.4, 0.5) is 22.0 Å². The number of H-pyrrole nitrogens is 1. The lowest BCUT2D eigenvalue weighted by Crippen LogP contribution is -2.54. The molecule has 4 rings (SSSR count). The van der Waals surface area contributed by atoms with Gasteiger partial charge in [-0.1, -0.05) is 0 Å². The lowest BCUT2D eigenvalue weighted by molar-refractivity contribution is -0.207. The van der Waals surface area contributed by atoms with E-state index < -0.39 is 60.2 Å². The Labute approximate surface area is 207 Å². The molecule has 14 heteroatoms. The Hall–Kier alpha value is -3.13. The van der Waals surface area contributed by atoms with Crippen LogP contribution in [0, 0.1) is 5.92 Å². The highest BCUT2D eigenvalue weighted by atomic mass is 19.4. The zero-order valence-electron chi connectivity index (χ0n) is 19.5. The molecule has 4 N–H and O–H groups in total. The number of aromatic nitrogens is 3. The third-order valence-electron chi connectivity index (χ3n) is 6.65. The summed E-state index contributed by atoms with van der Waals surface area (Å²) >= 11 is 0. The second kappa shape index (κ2) is 10.3. The van der Waals surface area contributed by atoms with Crippen LogP contribution in [0.2, 0.25) is 0 Å². The molecule has 2 fully saturated rings. The number of nitrogens with one attached hydrogen (secondary N) is 1. The highest BCUT2D eigenvalue weighted by molar-refractivity contribution is 5.80. The molecule has 37 heavy (non-hydrogen) atoms. The molecule has 2 aliphatic rings. The van der Waals surface area contributed by atoms with Crippen molar-refractivity contribution in [2.75, 3.05) is 19.7 Å². The van der Waals surface area contributed by atoms with Gasteiger partial charge in [-0.15, -0.1) is 5.10 Å². The van der Waals surface area contributed by atoms with Crippen LogP contribution in [0.15, 0.2) is 29.2 Å². The summed E-state index contributed by atoms with van der Waals surface area (Å²) in [7, 11) is 0. The molecule has 1 saturated carbocycles. The fourth-order valence-electron chi connectivity index (χ4n) is 4.29. The fourth-order valence-corrected chi connectivity index (χ4v) is 4.29. The normalized spacial score (nSPS) is 21.8. The third-order valence-corrected chi connectivity index (χ3v) is 6.65. The molecule has 1 saturated heterocycles. The number of aliphatic hydroxyl groups is 1. The lowest BCUT2D eigenvalue weighted by atomic mass is 9.86. The topological polar surface area (TPSA) is 134 Å². The number of amides is 1. The summed E-state index contributed by atoms with van der Waals surface area (Å²) in [6, 6.07) is 2.76. The standard InChI is InChI=1S/C23H26F5N5O4/c24-22(25)5-6-33(10-16(22)13-7-15(21(36)30-9-13)19(34)23(26,27)28)17(20(29)35)8-14-3-4-18(32-31-14)37-11-12-1-2-12/h3-4,7,9,12,16-17,19,34H,1-2,5-6,8,10-11H2,(H2,29,35)(H,30,36)/t16-,17?,19+/m1/s1. The Morgan fingerprint density at radius 2 is 2.03 bits per heavy atom. The minimum Gasteiger partial charge on any atom is -0.476 e. The van der Waals surface area contributed by atoms with Gasteiger partial charge in [-0.2, -0.15) is 18.3 Å². The van der Waals surface area contributed by atoms with Crippen molar-refractivity contribution < 1.29 is 36.6 Å². The summed E-state index contributed by atoms with van der Waals surface area (Å²) in [5.74, 6) is -5.00. The molecule has 9 nitrogen and oxygen atoms in total. The number of piperidine rings is 1. The molecular weight excluding hydrogens is 505 g/mol. The maximum absolute atomic E-state index is 14.9. The predicted molar refractivity (Wildman–Crippen MR) is 119 cm³/mol. The van der Waals surface area contributed by atoms with E-state index in [0.29, 0.717) is 30.2 Å². The highest BCUT2D eigenvalue weighted by Crippen LogP contribution is 2.42. The maximum Gasteiger partial charge on any atom is 0.418 e. The van der Waals surface area contributed by atoms with E-state index in [2.05, 4.69) is 10.2 Å². The summed E-state index contributed by atoms with van der Waals surface area (Å²) in [6.07, 6.45) is -5.95. The van der Waals surface area contributed by atoms with E-state index >= 15 is 0 Å². The number of rotatable bonds is 9. The number of primary amides is 1. The first kappa shape index (κ1) is 26.9. The Balaban J connectivity index is 1.52. The molecular formula is C23H26F5N5O4. The molecule has 202 valence electrons. The number of carbonyl (C=O) groups excluding carboxylic acids is 1. The Morgan fingerprint density at radius 1 is 1.30 bits per heavy atom. The number of aliphatic hydroxyl groups excluding tert-OH is 1. The molecule has 0 bridgehead atoms. The number of aromatic amines is 1. The monoisotopic (exact) mass is 531 g/mol. The lowest BCUT2D eigenvalue weighted by Gasteiger charge is -2.41. The Bertz CT molecular complexity index is 1170. The van der Waals surface area contributed by atoms with Crippen molar-refractivity contribution in [3.8, 4) is 5.88 Å². The van der Waals surface area contributed by atoms with Gasteiger partial charge in [0.15, 0.2) is 6.10 Å². The minimum absolute atomic E-state index is 0.0345. The van der Waals surface area contributed by atoms with Crippen LogP contribution in [0.1, 0.15) is 48.1 Å². The van der Waals surface area contributed by atoms with Crippen molar-refractivity contribution in [1.82, 2.24) is 20.1 Å². The summed E-state index contributed by atoms with van der Waals surface area (Å²) in [5, 5.41) is 17.5. The maximum atomic E-state index is 14.9. The van der Waals surface area contributed by atoms with Crippen LogP contribution < -0.4 is 16.0 Å². The largest absolute Gasteiger partial charge is 0.476 e. The van der Waals surface area contributed by atoms with E-state index in [1.165, 1.54) is 4.90 Å². The SMILES string of the molecule is NC(=O)C(Cc1ccc(OCC2CC2)nn1)N1CCC(F)(F)[C@@H](c2c[nH]c(=O)c([C@H](O)C(F)(F)F)c2)C1. The third kappa shape index (κ3) is 6.42. The number of hydrogen-bond acceptors (Lipinski definition) is 7. The number of carbonyl (C=O) groups is 1. The molecule has 0 radical (unpaired) electrons. The average molecular weight is 531 g/mol. The molecule has 2 aromatic rings. The van der Waals surface area contributed by atoms with E-state index in [9.17, 15) is 36.6 Å². The fraction of sp³-hybridized carbons (Fsp3) is 0.565. The molecule has 1 amide bonds. The first-order valence-corrected chi connectivity index (χ1v) is 11.7. The van der Waals surface area contributed by atoms with Gasteiger partial charge in [0.25, 0.3) is 11.5 Å². The number of hydrogen-bond donors (Lipinski definition) is 3. The van der Waals surface area contributed by atoms with Crippen LogP contribution in [-0.4, -0.2) is 68.9 Å². The van der Waals surface area contributed by atoms with Crippen LogP contribution in [0.25, 0.3) is 0 Å². The molecule has 1 unspecified atom stereocenters. The van der Waals surface area contributed by atoms with Crippen molar-refractivity contribution >= 4 is 5.91 Å². The van der Waals surface area contributed by atoms with E-state index in [1.54, 1.807) is 12.1 Å². The number of halogens is 5. The molecule has 3 atom stereocenters. The second-order valence-corrected chi connectivity index (χ2v) is 9.46. The summed E-state index contributed by atoms with van der Waals surface area (Å²) < 4.78 is 74.3. The molecule has 0 aromatic carbocycles. The molecule has 1 aliphatic carbocycles. The van der Waals surface area contributed by atoms with Crippen LogP contribution in [0.5, 0.6) is 5.88 Å². The zero-order valence-corrected chi connectivity index (χ0v) is 19.5. The smallest absolute Gasteiger partial charge is 0.418 e. The van der Waals surface area contributed by atoms with Gasteiger partial charge in [0, 0.05) is 38.2 Å². The average Bonchev–Trinajstić information content (AvgIpc) is 3.66. The zero-order chi connectivity index (χ0) is 27.0.